The number of hydrogen-bond donors (Lipinski definition) is 1. The summed E-state index contributed by atoms with van der Waals surface area (Å²) in [6, 6.07) is 2.28. The predicted octanol–water partition coefficient (Wildman–Crippen LogP) is 0.954. The van der Waals surface area contributed by atoms with Gasteiger partial charge in [-0.2, -0.15) is 16.1 Å². The van der Waals surface area contributed by atoms with Gasteiger partial charge in [0.05, 0.1) is 0 Å². The van der Waals surface area contributed by atoms with E-state index in [-0.39, 0.29) is 30.0 Å². The zero-order valence-electron chi connectivity index (χ0n) is 13.6. The van der Waals surface area contributed by atoms with Gasteiger partial charge in [-0.25, -0.2) is 13.2 Å². The average Bonchev–Trinajstić information content (AvgIpc) is 3.13. The van der Waals surface area contributed by atoms with Crippen molar-refractivity contribution in [2.75, 3.05) is 37.7 Å². The Morgan fingerprint density at radius 3 is 2.32 bits per heavy atom. The standard InChI is InChI=1S/C15H20N2O6S2/c18-14(16-7-9-24-10-8-16)11-3-5-17(6-4-11)25(21,22)13-2-1-12(23-13)15(19)20/h1-2,11H,3-10H2,(H,19,20). The van der Waals surface area contributed by atoms with Crippen LogP contribution in [-0.2, 0) is 14.8 Å². The van der Waals surface area contributed by atoms with Crippen molar-refractivity contribution in [1.29, 1.82) is 0 Å². The van der Waals surface area contributed by atoms with Crippen molar-refractivity contribution in [3.63, 3.8) is 0 Å². The van der Waals surface area contributed by atoms with Gasteiger partial charge in [0, 0.05) is 43.6 Å². The van der Waals surface area contributed by atoms with Gasteiger partial charge in [-0.05, 0) is 25.0 Å². The Morgan fingerprint density at radius 1 is 1.12 bits per heavy atom. The van der Waals surface area contributed by atoms with Crippen LogP contribution in [-0.4, -0.2) is 72.3 Å². The fourth-order valence-corrected chi connectivity index (χ4v) is 5.37. The number of aromatic carboxylic acids is 1. The van der Waals surface area contributed by atoms with Crippen LogP contribution < -0.4 is 0 Å². The van der Waals surface area contributed by atoms with Crippen LogP contribution in [0.15, 0.2) is 21.6 Å². The van der Waals surface area contributed by atoms with E-state index in [1.807, 2.05) is 16.7 Å². The zero-order valence-corrected chi connectivity index (χ0v) is 15.2. The molecule has 2 saturated heterocycles. The topological polar surface area (TPSA) is 108 Å². The number of amides is 1. The summed E-state index contributed by atoms with van der Waals surface area (Å²) < 4.78 is 31.3. The third kappa shape index (κ3) is 3.85. The highest BCUT2D eigenvalue weighted by Crippen LogP contribution is 2.27. The molecular weight excluding hydrogens is 368 g/mol. The van der Waals surface area contributed by atoms with Crippen molar-refractivity contribution in [3.8, 4) is 0 Å². The minimum absolute atomic E-state index is 0.114. The van der Waals surface area contributed by atoms with Crippen molar-refractivity contribution < 1.29 is 27.5 Å². The second-order valence-corrected chi connectivity index (χ2v) is 9.13. The molecule has 0 unspecified atom stereocenters. The van der Waals surface area contributed by atoms with Gasteiger partial charge in [-0.15, -0.1) is 0 Å². The van der Waals surface area contributed by atoms with E-state index in [9.17, 15) is 18.0 Å². The van der Waals surface area contributed by atoms with E-state index < -0.39 is 21.8 Å². The van der Waals surface area contributed by atoms with E-state index in [4.69, 9.17) is 9.52 Å². The van der Waals surface area contributed by atoms with E-state index in [1.54, 1.807) is 0 Å². The maximum absolute atomic E-state index is 12.5. The third-order valence-corrected chi connectivity index (χ3v) is 7.23. The first-order chi connectivity index (χ1) is 11.9. The predicted molar refractivity (Wildman–Crippen MR) is 91.1 cm³/mol. The number of carbonyl (C=O) groups is 2. The van der Waals surface area contributed by atoms with Crippen LogP contribution in [0.25, 0.3) is 0 Å². The summed E-state index contributed by atoms with van der Waals surface area (Å²) in [6.45, 7) is 1.97. The molecule has 3 heterocycles. The molecule has 0 aromatic carbocycles. The molecule has 0 aliphatic carbocycles. The number of furan rings is 1. The van der Waals surface area contributed by atoms with E-state index >= 15 is 0 Å². The van der Waals surface area contributed by atoms with Crippen molar-refractivity contribution in [2.24, 2.45) is 5.92 Å². The van der Waals surface area contributed by atoms with E-state index in [1.165, 1.54) is 4.31 Å². The summed E-state index contributed by atoms with van der Waals surface area (Å²) in [5.41, 5.74) is 0. The lowest BCUT2D eigenvalue weighted by Crippen LogP contribution is -2.46. The van der Waals surface area contributed by atoms with Crippen molar-refractivity contribution in [3.05, 3.63) is 17.9 Å². The molecule has 0 radical (unpaired) electrons. The monoisotopic (exact) mass is 388 g/mol. The number of rotatable bonds is 4. The molecule has 2 fully saturated rings. The Hall–Kier alpha value is -1.52. The molecule has 0 atom stereocenters. The lowest BCUT2D eigenvalue weighted by Gasteiger charge is -2.34. The molecule has 0 saturated carbocycles. The summed E-state index contributed by atoms with van der Waals surface area (Å²) in [5, 5.41) is 8.48. The highest BCUT2D eigenvalue weighted by Gasteiger charge is 2.35. The fourth-order valence-electron chi connectivity index (χ4n) is 3.09. The normalized spacial score (nSPS) is 20.6. The highest BCUT2D eigenvalue weighted by molar-refractivity contribution is 7.99. The number of thioether (sulfide) groups is 1. The van der Waals surface area contributed by atoms with Crippen molar-refractivity contribution >= 4 is 33.7 Å². The summed E-state index contributed by atoms with van der Waals surface area (Å²) in [5.74, 6) is 0.133. The Morgan fingerprint density at radius 2 is 1.76 bits per heavy atom. The number of carbonyl (C=O) groups excluding carboxylic acids is 1. The molecule has 0 spiro atoms. The molecule has 1 aromatic rings. The quantitative estimate of drug-likeness (QED) is 0.818. The van der Waals surface area contributed by atoms with Gasteiger partial charge in [0.1, 0.15) is 0 Å². The van der Waals surface area contributed by atoms with Crippen LogP contribution in [0.1, 0.15) is 23.4 Å². The molecule has 25 heavy (non-hydrogen) atoms. The van der Waals surface area contributed by atoms with Gasteiger partial charge in [0.15, 0.2) is 0 Å². The van der Waals surface area contributed by atoms with Crippen LogP contribution >= 0.6 is 11.8 Å². The Bertz CT molecular complexity index is 746. The first-order valence-electron chi connectivity index (χ1n) is 8.09. The minimum atomic E-state index is -3.87. The van der Waals surface area contributed by atoms with Crippen LogP contribution in [0.5, 0.6) is 0 Å². The fraction of sp³-hybridized carbons (Fsp3) is 0.600. The second-order valence-electron chi connectivity index (χ2n) is 6.04. The van der Waals surface area contributed by atoms with E-state index in [0.29, 0.717) is 12.8 Å². The van der Waals surface area contributed by atoms with Gasteiger partial charge in [-0.3, -0.25) is 4.79 Å². The number of carboxylic acids is 1. The SMILES string of the molecule is O=C(O)c1ccc(S(=O)(=O)N2CCC(C(=O)N3CCSCC3)CC2)o1. The molecule has 2 aliphatic rings. The van der Waals surface area contributed by atoms with Crippen molar-refractivity contribution in [1.82, 2.24) is 9.21 Å². The number of sulfonamides is 1. The van der Waals surface area contributed by atoms with Gasteiger partial charge in [0.25, 0.3) is 10.0 Å². The second kappa shape index (κ2) is 7.38. The lowest BCUT2D eigenvalue weighted by atomic mass is 9.96. The maximum atomic E-state index is 12.5. The summed E-state index contributed by atoms with van der Waals surface area (Å²) in [7, 11) is -3.87. The number of nitrogens with zero attached hydrogens (tertiary/aromatic N) is 2. The molecule has 10 heteroatoms. The molecule has 1 N–H and O–H groups in total. The summed E-state index contributed by atoms with van der Waals surface area (Å²) >= 11 is 1.83. The molecule has 3 rings (SSSR count). The smallest absolute Gasteiger partial charge is 0.371 e. The summed E-state index contributed by atoms with van der Waals surface area (Å²) in [6.07, 6.45) is 0.933. The van der Waals surface area contributed by atoms with Gasteiger partial charge in [0.2, 0.25) is 16.8 Å². The summed E-state index contributed by atoms with van der Waals surface area (Å²) in [4.78, 5) is 25.2. The molecule has 8 nitrogen and oxygen atoms in total. The van der Waals surface area contributed by atoms with Gasteiger partial charge in [-0.1, -0.05) is 0 Å². The maximum Gasteiger partial charge on any atom is 0.371 e. The Labute approximate surface area is 150 Å². The Balaban J connectivity index is 1.62. The largest absolute Gasteiger partial charge is 0.475 e. The average molecular weight is 388 g/mol. The minimum Gasteiger partial charge on any atom is -0.475 e. The van der Waals surface area contributed by atoms with Crippen LogP contribution in [0.3, 0.4) is 0 Å². The highest BCUT2D eigenvalue weighted by atomic mass is 32.2. The van der Waals surface area contributed by atoms with Crippen LogP contribution in [0.4, 0.5) is 0 Å². The lowest BCUT2D eigenvalue weighted by molar-refractivity contribution is -0.136. The first kappa shape index (κ1) is 18.3. The van der Waals surface area contributed by atoms with E-state index in [0.717, 1.165) is 36.7 Å². The molecule has 138 valence electrons. The molecule has 2 aliphatic heterocycles. The molecule has 0 bridgehead atoms. The number of carboxylic acid groups (broad SMARTS) is 1. The van der Waals surface area contributed by atoms with Gasteiger partial charge < -0.3 is 14.4 Å². The third-order valence-electron chi connectivity index (χ3n) is 4.51. The van der Waals surface area contributed by atoms with Crippen LogP contribution in [0, 0.1) is 5.92 Å². The van der Waals surface area contributed by atoms with E-state index in [2.05, 4.69) is 0 Å². The molecule has 1 aromatic heterocycles. The zero-order chi connectivity index (χ0) is 18.0. The first-order valence-corrected chi connectivity index (χ1v) is 10.7. The van der Waals surface area contributed by atoms with Gasteiger partial charge >= 0.3 is 5.97 Å². The molecular formula is C15H20N2O6S2. The number of piperidine rings is 1. The van der Waals surface area contributed by atoms with Crippen LogP contribution in [0.2, 0.25) is 0 Å². The Kier molecular flexibility index (Phi) is 5.40. The molecule has 1 amide bonds. The number of hydrogen-bond acceptors (Lipinski definition) is 6. The van der Waals surface area contributed by atoms with Crippen molar-refractivity contribution in [2.45, 2.75) is 17.9 Å².